The highest BCUT2D eigenvalue weighted by Crippen LogP contribution is 2.27. The normalized spacial score (nSPS) is 11.9. The Balaban J connectivity index is 1.59. The monoisotopic (exact) mass is 357 g/mol. The van der Waals surface area contributed by atoms with Crippen LogP contribution in [0.25, 0.3) is 11.5 Å². The van der Waals surface area contributed by atoms with Crippen LogP contribution in [0, 0.1) is 5.82 Å². The van der Waals surface area contributed by atoms with Crippen LogP contribution in [0.2, 0.25) is 0 Å². The molecule has 1 N–H and O–H groups in total. The third-order valence-electron chi connectivity index (χ3n) is 3.47. The molecular formula is C18H16FN3O2S. The Morgan fingerprint density at radius 1 is 1.16 bits per heavy atom. The molecule has 3 aromatic rings. The maximum absolute atomic E-state index is 13.7. The number of benzene rings is 2. The number of rotatable bonds is 6. The highest BCUT2D eigenvalue weighted by atomic mass is 32.2. The Hall–Kier alpha value is -2.67. The Labute approximate surface area is 148 Å². The van der Waals surface area contributed by atoms with Crippen LogP contribution in [-0.4, -0.2) is 21.4 Å². The molecule has 25 heavy (non-hydrogen) atoms. The van der Waals surface area contributed by atoms with Gasteiger partial charge in [0, 0.05) is 6.54 Å². The van der Waals surface area contributed by atoms with Gasteiger partial charge in [0.2, 0.25) is 5.91 Å². The van der Waals surface area contributed by atoms with E-state index in [1.807, 2.05) is 30.3 Å². The zero-order valence-electron chi connectivity index (χ0n) is 13.5. The van der Waals surface area contributed by atoms with E-state index < -0.39 is 11.1 Å². The number of amides is 1. The Kier molecular flexibility index (Phi) is 5.45. The van der Waals surface area contributed by atoms with E-state index in [-0.39, 0.29) is 22.6 Å². The fourth-order valence-corrected chi connectivity index (χ4v) is 2.84. The minimum atomic E-state index is -0.434. The molecule has 5 nitrogen and oxygen atoms in total. The zero-order valence-corrected chi connectivity index (χ0v) is 14.3. The number of nitrogens with zero attached hydrogens (tertiary/aromatic N) is 2. The van der Waals surface area contributed by atoms with Gasteiger partial charge in [-0.3, -0.25) is 4.79 Å². The summed E-state index contributed by atoms with van der Waals surface area (Å²) in [5, 5.41) is 10.4. The summed E-state index contributed by atoms with van der Waals surface area (Å²) in [5.41, 5.74) is 1.26. The molecule has 0 spiro atoms. The maximum atomic E-state index is 13.7. The summed E-state index contributed by atoms with van der Waals surface area (Å²) in [4.78, 5) is 12.2. The van der Waals surface area contributed by atoms with Crippen LogP contribution in [0.3, 0.4) is 0 Å². The molecule has 0 bridgehead atoms. The Bertz CT molecular complexity index is 854. The predicted octanol–water partition coefficient (Wildman–Crippen LogP) is 3.67. The van der Waals surface area contributed by atoms with E-state index in [0.29, 0.717) is 6.54 Å². The van der Waals surface area contributed by atoms with Gasteiger partial charge in [-0.1, -0.05) is 54.2 Å². The van der Waals surface area contributed by atoms with Crippen molar-refractivity contribution in [3.8, 4) is 11.5 Å². The van der Waals surface area contributed by atoms with E-state index in [1.54, 1.807) is 25.1 Å². The molecular weight excluding hydrogens is 341 g/mol. The first-order valence-electron chi connectivity index (χ1n) is 7.70. The SMILES string of the molecule is C[C@H](Sc1nnc(-c2ccccc2F)o1)C(=O)NCc1ccccc1. The number of aromatic nitrogens is 2. The van der Waals surface area contributed by atoms with Gasteiger partial charge in [0.05, 0.1) is 10.8 Å². The third-order valence-corrected chi connectivity index (χ3v) is 4.40. The van der Waals surface area contributed by atoms with Gasteiger partial charge in [-0.15, -0.1) is 10.2 Å². The molecule has 0 saturated carbocycles. The number of carbonyl (C=O) groups excluding carboxylic acids is 1. The van der Waals surface area contributed by atoms with Gasteiger partial charge < -0.3 is 9.73 Å². The first-order valence-corrected chi connectivity index (χ1v) is 8.58. The summed E-state index contributed by atoms with van der Waals surface area (Å²) < 4.78 is 19.2. The molecule has 1 heterocycles. The second kappa shape index (κ2) is 7.94. The lowest BCUT2D eigenvalue weighted by Gasteiger charge is -2.09. The molecule has 0 fully saturated rings. The van der Waals surface area contributed by atoms with Crippen molar-refractivity contribution in [1.82, 2.24) is 15.5 Å². The largest absolute Gasteiger partial charge is 0.411 e. The average Bonchev–Trinajstić information content (AvgIpc) is 3.09. The molecule has 7 heteroatoms. The lowest BCUT2D eigenvalue weighted by atomic mass is 10.2. The number of thioether (sulfide) groups is 1. The van der Waals surface area contributed by atoms with Gasteiger partial charge in [0.15, 0.2) is 0 Å². The summed E-state index contributed by atoms with van der Waals surface area (Å²) in [5.74, 6) is -0.478. The topological polar surface area (TPSA) is 68.0 Å². The van der Waals surface area contributed by atoms with Gasteiger partial charge in [-0.25, -0.2) is 4.39 Å². The maximum Gasteiger partial charge on any atom is 0.277 e. The first-order chi connectivity index (χ1) is 12.1. The highest BCUT2D eigenvalue weighted by molar-refractivity contribution is 8.00. The molecule has 2 aromatic carbocycles. The van der Waals surface area contributed by atoms with E-state index in [1.165, 1.54) is 6.07 Å². The highest BCUT2D eigenvalue weighted by Gasteiger charge is 2.19. The summed E-state index contributed by atoms with van der Waals surface area (Å²) in [6, 6.07) is 15.8. The average molecular weight is 357 g/mol. The number of halogens is 1. The van der Waals surface area contributed by atoms with Crippen molar-refractivity contribution >= 4 is 17.7 Å². The minimum absolute atomic E-state index is 0.0949. The molecule has 0 aliphatic carbocycles. The van der Waals surface area contributed by atoms with Crippen molar-refractivity contribution in [1.29, 1.82) is 0 Å². The number of nitrogens with one attached hydrogen (secondary N) is 1. The minimum Gasteiger partial charge on any atom is -0.411 e. The van der Waals surface area contributed by atoms with Crippen molar-refractivity contribution in [2.75, 3.05) is 0 Å². The van der Waals surface area contributed by atoms with E-state index >= 15 is 0 Å². The molecule has 128 valence electrons. The second-order valence-electron chi connectivity index (χ2n) is 5.32. The standard InChI is InChI=1S/C18H16FN3O2S/c1-12(16(23)20-11-13-7-3-2-4-8-13)25-18-22-21-17(24-18)14-9-5-6-10-15(14)19/h2-10,12H,11H2,1H3,(H,20,23)/t12-/m0/s1. The summed E-state index contributed by atoms with van der Waals surface area (Å²) >= 11 is 1.13. The first kappa shape index (κ1) is 17.2. The quantitative estimate of drug-likeness (QED) is 0.682. The molecule has 0 aliphatic heterocycles. The van der Waals surface area contributed by atoms with Gasteiger partial charge in [-0.2, -0.15) is 0 Å². The predicted molar refractivity (Wildman–Crippen MR) is 93.3 cm³/mol. The lowest BCUT2D eigenvalue weighted by molar-refractivity contribution is -0.120. The van der Waals surface area contributed by atoms with E-state index in [0.717, 1.165) is 17.3 Å². The number of hydrogen-bond acceptors (Lipinski definition) is 5. The van der Waals surface area contributed by atoms with E-state index in [4.69, 9.17) is 4.42 Å². The fraction of sp³-hybridized carbons (Fsp3) is 0.167. The fourth-order valence-electron chi connectivity index (χ4n) is 2.13. The number of hydrogen-bond donors (Lipinski definition) is 1. The van der Waals surface area contributed by atoms with E-state index in [2.05, 4.69) is 15.5 Å². The van der Waals surface area contributed by atoms with Gasteiger partial charge >= 0.3 is 0 Å². The van der Waals surface area contributed by atoms with Crippen LogP contribution in [0.5, 0.6) is 0 Å². The van der Waals surface area contributed by atoms with Crippen LogP contribution < -0.4 is 5.32 Å². The van der Waals surface area contributed by atoms with Gasteiger partial charge in [0.1, 0.15) is 5.82 Å². The molecule has 0 aliphatic rings. The van der Waals surface area contributed by atoms with Crippen molar-refractivity contribution < 1.29 is 13.6 Å². The summed E-state index contributed by atoms with van der Waals surface area (Å²) in [6.07, 6.45) is 0. The van der Waals surface area contributed by atoms with Crippen LogP contribution in [0.1, 0.15) is 12.5 Å². The second-order valence-corrected chi connectivity index (χ2v) is 6.61. The zero-order chi connectivity index (χ0) is 17.6. The number of carbonyl (C=O) groups is 1. The van der Waals surface area contributed by atoms with Crippen molar-refractivity contribution in [2.45, 2.75) is 23.9 Å². The molecule has 0 radical (unpaired) electrons. The van der Waals surface area contributed by atoms with Gasteiger partial charge in [-0.05, 0) is 24.6 Å². The Morgan fingerprint density at radius 2 is 1.88 bits per heavy atom. The van der Waals surface area contributed by atoms with Crippen molar-refractivity contribution in [2.24, 2.45) is 0 Å². The molecule has 3 rings (SSSR count). The smallest absolute Gasteiger partial charge is 0.277 e. The van der Waals surface area contributed by atoms with Crippen molar-refractivity contribution in [3.05, 3.63) is 66.0 Å². The Morgan fingerprint density at radius 3 is 2.64 bits per heavy atom. The third kappa shape index (κ3) is 4.45. The van der Waals surface area contributed by atoms with Crippen LogP contribution in [0.15, 0.2) is 64.2 Å². The molecule has 1 atom stereocenters. The van der Waals surface area contributed by atoms with Crippen LogP contribution in [-0.2, 0) is 11.3 Å². The van der Waals surface area contributed by atoms with Crippen molar-refractivity contribution in [3.63, 3.8) is 0 Å². The molecule has 0 saturated heterocycles. The summed E-state index contributed by atoms with van der Waals surface area (Å²) in [7, 11) is 0. The van der Waals surface area contributed by atoms with E-state index in [9.17, 15) is 9.18 Å². The molecule has 0 unspecified atom stereocenters. The molecule has 1 aromatic heterocycles. The van der Waals surface area contributed by atoms with Crippen LogP contribution >= 0.6 is 11.8 Å². The van der Waals surface area contributed by atoms with Crippen LogP contribution in [0.4, 0.5) is 4.39 Å². The summed E-state index contributed by atoms with van der Waals surface area (Å²) in [6.45, 7) is 2.20. The molecule has 1 amide bonds. The lowest BCUT2D eigenvalue weighted by Crippen LogP contribution is -2.30. The van der Waals surface area contributed by atoms with Gasteiger partial charge in [0.25, 0.3) is 11.1 Å².